The molecule has 19 nitrogen and oxygen atoms in total. The van der Waals surface area contributed by atoms with E-state index in [1.54, 1.807) is 43.3 Å². The second kappa shape index (κ2) is 78.2. The largest absolute Gasteiger partial charge is 0.490 e. The van der Waals surface area contributed by atoms with Gasteiger partial charge < -0.3 is 39.5 Å². The van der Waals surface area contributed by atoms with Gasteiger partial charge in [-0.15, -0.1) is 0 Å². The predicted molar refractivity (Wildman–Crippen MR) is 561 cm³/mol. The summed E-state index contributed by atoms with van der Waals surface area (Å²) in [7, 11) is 7.81. The maximum atomic E-state index is 16.5. The first-order chi connectivity index (χ1) is 66.4. The molecule has 0 saturated carbocycles. The SMILES string of the molecule is CCCCCCCCCCCCCCCCC(C)CC(C(=O)OCCOc1ccc(C(=O)CC(=O)c2ccc(C)cc2)cc1)C(C(=O)O)C(CCCCCCCCCCCCCCCC)CC1C(=O)N(CCCN(C)C)C(=O)C1C(CCCCCCCCCCCCCCCC)CC(C(=O)NCCCN(C)C)C(C(=O)O)C(CCCCCCCCCCCCCCCC)CC1C(=O)OC(=O)C1C. The summed E-state index contributed by atoms with van der Waals surface area (Å²) in [4.78, 5) is 154. The van der Waals surface area contributed by atoms with E-state index < -0.39 is 113 Å². The number of nitrogens with zero attached hydrogens (tertiary/aromatic N) is 3. The summed E-state index contributed by atoms with van der Waals surface area (Å²) in [5.41, 5.74) is 1.80. The summed E-state index contributed by atoms with van der Waals surface area (Å²) in [6.07, 6.45) is 66.5. The number of carbonyl (C=O) groups is 10. The molecule has 137 heavy (non-hydrogen) atoms. The van der Waals surface area contributed by atoms with E-state index in [2.05, 4.69) is 39.9 Å². The van der Waals surface area contributed by atoms with Crippen molar-refractivity contribution in [2.45, 2.75) is 479 Å². The molecule has 0 aromatic heterocycles. The van der Waals surface area contributed by atoms with Gasteiger partial charge in [0.05, 0.1) is 53.8 Å². The quantitative estimate of drug-likeness (QED) is 0.0183. The van der Waals surface area contributed by atoms with Gasteiger partial charge >= 0.3 is 29.8 Å². The molecule has 2 aliphatic heterocycles. The number of cyclic esters (lactones) is 2. The van der Waals surface area contributed by atoms with E-state index in [0.29, 0.717) is 81.3 Å². The van der Waals surface area contributed by atoms with E-state index in [1.165, 1.54) is 223 Å². The van der Waals surface area contributed by atoms with Crippen LogP contribution in [0.2, 0.25) is 0 Å². The minimum atomic E-state index is -1.39. The van der Waals surface area contributed by atoms with Crippen molar-refractivity contribution < 1.29 is 72.4 Å². The van der Waals surface area contributed by atoms with Gasteiger partial charge in [-0.2, -0.15) is 0 Å². The van der Waals surface area contributed by atoms with E-state index in [0.717, 1.165) is 134 Å². The third-order valence-electron chi connectivity index (χ3n) is 30.3. The average molecular weight is 1920 g/mol. The second-order valence-electron chi connectivity index (χ2n) is 42.9. The van der Waals surface area contributed by atoms with E-state index in [4.69, 9.17) is 14.2 Å². The number of hydrogen-bond acceptors (Lipinski definition) is 15. The zero-order valence-electron chi connectivity index (χ0n) is 89.2. The Bertz CT molecular complexity index is 3510. The monoisotopic (exact) mass is 1920 g/mol. The van der Waals surface area contributed by atoms with Crippen LogP contribution in [0.25, 0.3) is 0 Å². The number of Topliss-reactive ketones (excluding diaryl/α,β-unsaturated/α-hetero) is 2. The molecule has 784 valence electrons. The molecule has 12 unspecified atom stereocenters. The van der Waals surface area contributed by atoms with Crippen molar-refractivity contribution in [2.75, 3.05) is 67.6 Å². The molecule has 0 aliphatic carbocycles. The second-order valence-corrected chi connectivity index (χ2v) is 42.9. The highest BCUT2D eigenvalue weighted by Gasteiger charge is 2.55. The smallest absolute Gasteiger partial charge is 0.317 e. The van der Waals surface area contributed by atoms with Crippen molar-refractivity contribution in [3.8, 4) is 5.75 Å². The molecule has 4 rings (SSSR count). The molecule has 2 heterocycles. The number of amides is 3. The van der Waals surface area contributed by atoms with Gasteiger partial charge in [-0.1, -0.05) is 437 Å². The van der Waals surface area contributed by atoms with Gasteiger partial charge in [-0.05, 0) is 154 Å². The first kappa shape index (κ1) is 123. The number of imide groups is 1. The number of ether oxygens (including phenoxy) is 3. The van der Waals surface area contributed by atoms with Gasteiger partial charge in [0, 0.05) is 24.2 Å². The Morgan fingerprint density at radius 1 is 0.409 bits per heavy atom. The highest BCUT2D eigenvalue weighted by molar-refractivity contribution is 6.13. The maximum Gasteiger partial charge on any atom is 0.317 e. The molecule has 0 spiro atoms. The molecule has 3 amide bonds. The van der Waals surface area contributed by atoms with Crippen molar-refractivity contribution in [1.82, 2.24) is 20.0 Å². The normalized spacial score (nSPS) is 16.9. The summed E-state index contributed by atoms with van der Waals surface area (Å²) in [6.45, 7) is 15.9. The molecule has 12 atom stereocenters. The lowest BCUT2D eigenvalue weighted by atomic mass is 9.66. The first-order valence-corrected chi connectivity index (χ1v) is 57.0. The number of unbranched alkanes of at least 4 members (excludes halogenated alkanes) is 52. The lowest BCUT2D eigenvalue weighted by Gasteiger charge is -2.37. The molecule has 3 N–H and O–H groups in total. The minimum Gasteiger partial charge on any atom is -0.490 e. The van der Waals surface area contributed by atoms with Gasteiger partial charge in [0.15, 0.2) is 11.6 Å². The molecule has 2 aliphatic rings. The van der Waals surface area contributed by atoms with E-state index in [9.17, 15) is 29.4 Å². The van der Waals surface area contributed by atoms with Crippen molar-refractivity contribution in [2.24, 2.45) is 71.0 Å². The van der Waals surface area contributed by atoms with Crippen LogP contribution in [-0.2, 0) is 47.8 Å². The highest BCUT2D eigenvalue weighted by atomic mass is 16.6. The molecular weight excluding hydrogens is 1710 g/mol. The Balaban J connectivity index is 1.92. The Kier molecular flexibility index (Phi) is 70.2. The zero-order chi connectivity index (χ0) is 99.8. The van der Waals surface area contributed by atoms with Crippen LogP contribution in [0.1, 0.15) is 498 Å². The number of likely N-dealkylation sites (tertiary alicyclic amines) is 1. The highest BCUT2D eigenvalue weighted by Crippen LogP contribution is 2.48. The Hall–Kier alpha value is -6.34. The van der Waals surface area contributed by atoms with Crippen LogP contribution in [0.4, 0.5) is 0 Å². The van der Waals surface area contributed by atoms with Gasteiger partial charge in [0.25, 0.3) is 0 Å². The van der Waals surface area contributed by atoms with Crippen LogP contribution in [-0.4, -0.2) is 152 Å². The Labute approximate surface area is 835 Å². The molecule has 2 saturated heterocycles. The number of carboxylic acid groups (broad SMARTS) is 2. The van der Waals surface area contributed by atoms with Gasteiger partial charge in [0.2, 0.25) is 17.7 Å². The van der Waals surface area contributed by atoms with Crippen LogP contribution >= 0.6 is 0 Å². The minimum absolute atomic E-state index is 0.00233. The molecule has 2 aromatic rings. The fourth-order valence-electron chi connectivity index (χ4n) is 21.8. The lowest BCUT2D eigenvalue weighted by Crippen LogP contribution is -2.45. The third kappa shape index (κ3) is 54.1. The topological polar surface area (TPSA) is 261 Å². The van der Waals surface area contributed by atoms with E-state index in [-0.39, 0.29) is 75.9 Å². The van der Waals surface area contributed by atoms with Crippen LogP contribution < -0.4 is 10.1 Å². The maximum absolute atomic E-state index is 16.5. The van der Waals surface area contributed by atoms with Crippen molar-refractivity contribution in [3.63, 3.8) is 0 Å². The summed E-state index contributed by atoms with van der Waals surface area (Å²) < 4.78 is 17.8. The summed E-state index contributed by atoms with van der Waals surface area (Å²) in [5, 5.41) is 27.8. The fourth-order valence-corrected chi connectivity index (χ4v) is 21.8. The number of aliphatic carboxylic acids is 2. The number of esters is 3. The number of rotatable bonds is 93. The number of nitrogens with one attached hydrogen (secondary N) is 1. The lowest BCUT2D eigenvalue weighted by molar-refractivity contribution is -0.162. The summed E-state index contributed by atoms with van der Waals surface area (Å²) >= 11 is 0. The van der Waals surface area contributed by atoms with Crippen LogP contribution in [0.3, 0.4) is 0 Å². The average Bonchev–Trinajstić information content (AvgIpc) is 1.63. The number of carboxylic acids is 2. The molecule has 0 radical (unpaired) electrons. The molecular formula is C118H202N4O15. The number of ketones is 2. The molecule has 2 aromatic carbocycles. The Morgan fingerprint density at radius 2 is 0.759 bits per heavy atom. The van der Waals surface area contributed by atoms with Crippen LogP contribution in [0.15, 0.2) is 48.5 Å². The molecule has 19 heteroatoms. The van der Waals surface area contributed by atoms with E-state index >= 15 is 28.8 Å². The van der Waals surface area contributed by atoms with Crippen LogP contribution in [0.5, 0.6) is 5.75 Å². The summed E-state index contributed by atoms with van der Waals surface area (Å²) in [5.74, 6) is -17.6. The number of benzene rings is 2. The molecule has 0 bridgehead atoms. The number of hydrogen-bond donors (Lipinski definition) is 3. The zero-order valence-corrected chi connectivity index (χ0v) is 89.2. The van der Waals surface area contributed by atoms with Crippen molar-refractivity contribution in [1.29, 1.82) is 0 Å². The first-order valence-electron chi connectivity index (χ1n) is 57.0. The third-order valence-corrected chi connectivity index (χ3v) is 30.3. The standard InChI is InChI=1S/C118H202N4O15/c1-12-16-20-24-28-32-36-40-44-48-52-56-60-64-70-94(6)88-105(117(133)136-87-86-135-101-80-78-97(79-81-101)107(124)92-106(123)96-76-74-93(5)75-77-96)110(115(130)131)100(73-67-63-59-55-51-47-43-39-35-31-27-23-19-15-4)91-104-108(113(127)122(112(104)126)85-69-84-121(10)11)98(71-65-61-57-53-49-45-41-37-33-29-25-21-17-13-2)90-103(111(125)119-82-68-83-120(8)9)109(114(128)129)99(89-102-95(7)116(132)137-118(102)134)72-66-62-58-54-50-46-42-38-34-30-26-22-18-14-3/h74-81,94-95,98-100,102-105,108-110H,12-73,82-92H2,1-11H3,(H,119,125)(H,128,129)(H,130,131). The van der Waals surface area contributed by atoms with Gasteiger partial charge in [-0.3, -0.25) is 52.8 Å². The molecule has 2 fully saturated rings. The predicted octanol–water partition coefficient (Wildman–Crippen LogP) is 29.5. The number of aryl methyl sites for hydroxylation is 1. The van der Waals surface area contributed by atoms with Crippen molar-refractivity contribution >= 4 is 59.1 Å². The Morgan fingerprint density at radius 3 is 1.13 bits per heavy atom. The fraction of sp³-hybridized carbons (Fsp3) is 0.814. The van der Waals surface area contributed by atoms with Crippen LogP contribution in [0, 0.1) is 77.9 Å². The number of carbonyl (C=O) groups excluding carboxylic acids is 8. The van der Waals surface area contributed by atoms with E-state index in [1.807, 2.05) is 57.0 Å². The van der Waals surface area contributed by atoms with Gasteiger partial charge in [-0.25, -0.2) is 0 Å². The van der Waals surface area contributed by atoms with Gasteiger partial charge in [0.1, 0.15) is 19.0 Å². The summed E-state index contributed by atoms with van der Waals surface area (Å²) in [6, 6.07) is 13.6. The van der Waals surface area contributed by atoms with Crippen molar-refractivity contribution in [3.05, 3.63) is 65.2 Å².